The van der Waals surface area contributed by atoms with E-state index in [0.29, 0.717) is 6.42 Å². The molecule has 0 aromatic rings. The molecule has 0 fully saturated rings. The number of halogens is 6. The summed E-state index contributed by atoms with van der Waals surface area (Å²) in [6.45, 7) is 1.76. The minimum Gasteiger partial charge on any atom is -0.481 e. The van der Waals surface area contributed by atoms with Crippen molar-refractivity contribution in [3.8, 4) is 0 Å². The molecule has 0 aliphatic heterocycles. The second kappa shape index (κ2) is 12.3. The van der Waals surface area contributed by atoms with E-state index in [1.54, 1.807) is 6.92 Å². The molecule has 1 unspecified atom stereocenters. The van der Waals surface area contributed by atoms with Crippen LogP contribution in [-0.4, -0.2) is 63.2 Å². The fourth-order valence-electron chi connectivity index (χ4n) is 1.61. The van der Waals surface area contributed by atoms with Gasteiger partial charge in [0.15, 0.2) is 8.67 Å². The molecule has 0 aliphatic rings. The molecule has 1 atom stereocenters. The normalized spacial score (nSPS) is 13.1. The zero-order valence-corrected chi connectivity index (χ0v) is 18.8. The lowest BCUT2D eigenvalue weighted by molar-refractivity contribution is -0.153. The Kier molecular flexibility index (Phi) is 13.1. The molecular weight excluding hydrogens is 509 g/mol. The van der Waals surface area contributed by atoms with Gasteiger partial charge >= 0.3 is 23.9 Å². The lowest BCUT2D eigenvalue weighted by atomic mass is 9.97. The van der Waals surface area contributed by atoms with E-state index in [4.69, 9.17) is 90.0 Å². The van der Waals surface area contributed by atoms with Gasteiger partial charge in [0.05, 0.1) is 5.38 Å². The van der Waals surface area contributed by atoms with E-state index in [1.165, 1.54) is 0 Å². The van der Waals surface area contributed by atoms with Crippen LogP contribution < -0.4 is 0 Å². The maximum Gasteiger partial charge on any atom is 0.339 e. The molecular formula is C14H18Cl6O8. The first kappa shape index (κ1) is 29.8. The van der Waals surface area contributed by atoms with Gasteiger partial charge in [-0.25, -0.2) is 9.59 Å². The van der Waals surface area contributed by atoms with Crippen molar-refractivity contribution < 1.29 is 39.6 Å². The second-order valence-corrected chi connectivity index (χ2v) is 9.17. The number of hydrogen-bond acceptors (Lipinski definition) is 4. The van der Waals surface area contributed by atoms with Crippen LogP contribution >= 0.6 is 69.6 Å². The number of carbonyl (C=O) groups is 4. The highest BCUT2D eigenvalue weighted by Crippen LogP contribution is 2.56. The summed E-state index contributed by atoms with van der Waals surface area (Å²) in [5.41, 5.74) is 0. The van der Waals surface area contributed by atoms with E-state index in [9.17, 15) is 19.2 Å². The van der Waals surface area contributed by atoms with Crippen LogP contribution in [0.5, 0.6) is 0 Å². The zero-order valence-electron chi connectivity index (χ0n) is 14.3. The van der Waals surface area contributed by atoms with Crippen molar-refractivity contribution in [1.82, 2.24) is 0 Å². The van der Waals surface area contributed by atoms with E-state index in [2.05, 4.69) is 0 Å². The maximum absolute atomic E-state index is 11.1. The van der Waals surface area contributed by atoms with Crippen LogP contribution in [0.15, 0.2) is 0 Å². The summed E-state index contributed by atoms with van der Waals surface area (Å²) in [6, 6.07) is 0. The summed E-state index contributed by atoms with van der Waals surface area (Å²) in [7, 11) is 0. The van der Waals surface area contributed by atoms with Gasteiger partial charge in [0.2, 0.25) is 0 Å². The monoisotopic (exact) mass is 524 g/mol. The Balaban J connectivity index is 0. The Morgan fingerprint density at radius 1 is 0.821 bits per heavy atom. The molecule has 0 saturated carbocycles. The summed E-state index contributed by atoms with van der Waals surface area (Å²) < 4.78 is -5.07. The Bertz CT molecular complexity index is 552. The van der Waals surface area contributed by atoms with Gasteiger partial charge in [-0.1, -0.05) is 71.3 Å². The van der Waals surface area contributed by atoms with Crippen LogP contribution in [0.1, 0.15) is 39.0 Å². The molecule has 0 spiro atoms. The van der Waals surface area contributed by atoms with E-state index in [-0.39, 0.29) is 25.7 Å². The fourth-order valence-corrected chi connectivity index (χ4v) is 3.44. The first-order valence-electron chi connectivity index (χ1n) is 7.49. The zero-order chi connectivity index (χ0) is 22.9. The first-order valence-corrected chi connectivity index (χ1v) is 9.81. The van der Waals surface area contributed by atoms with Crippen LogP contribution in [-0.2, 0) is 19.2 Å². The summed E-state index contributed by atoms with van der Waals surface area (Å²) in [4.78, 5) is 38.6. The molecule has 4 N–H and O–H groups in total. The topological polar surface area (TPSA) is 149 Å². The summed E-state index contributed by atoms with van der Waals surface area (Å²) >= 11 is 34.8. The van der Waals surface area contributed by atoms with Gasteiger partial charge in [-0.15, -0.1) is 11.6 Å². The predicted octanol–water partition coefficient (Wildman–Crippen LogP) is 4.21. The molecule has 0 aromatic heterocycles. The predicted molar refractivity (Wildman–Crippen MR) is 106 cm³/mol. The summed E-state index contributed by atoms with van der Waals surface area (Å²) in [5, 5.41) is 32.9. The lowest BCUT2D eigenvalue weighted by Crippen LogP contribution is -2.63. The molecule has 0 radical (unpaired) electrons. The number of aliphatic carboxylic acids is 4. The van der Waals surface area contributed by atoms with Crippen LogP contribution in [0.3, 0.4) is 0 Å². The number of hydrogen-bond donors (Lipinski definition) is 4. The first-order chi connectivity index (χ1) is 12.5. The van der Waals surface area contributed by atoms with Crippen LogP contribution in [0.4, 0.5) is 0 Å². The average molecular weight is 527 g/mol. The third-order valence-corrected chi connectivity index (χ3v) is 7.37. The fraction of sp³-hybridized carbons (Fsp3) is 0.714. The number of alkyl halides is 6. The molecule has 0 aromatic carbocycles. The average Bonchev–Trinajstić information content (AvgIpc) is 2.53. The molecule has 0 aliphatic carbocycles. The summed E-state index contributed by atoms with van der Waals surface area (Å²) in [6.07, 6.45) is 0.847. The van der Waals surface area contributed by atoms with Crippen molar-refractivity contribution in [2.75, 3.05) is 0 Å². The van der Waals surface area contributed by atoms with Gasteiger partial charge in [-0.2, -0.15) is 0 Å². The van der Waals surface area contributed by atoms with Gasteiger partial charge in [0.25, 0.3) is 4.87 Å². The quantitative estimate of drug-likeness (QED) is 0.231. The van der Waals surface area contributed by atoms with E-state index >= 15 is 0 Å². The highest BCUT2D eigenvalue weighted by Gasteiger charge is 2.71. The molecule has 14 heteroatoms. The molecule has 0 heterocycles. The number of rotatable bonds is 11. The Labute approximate surface area is 190 Å². The second-order valence-electron chi connectivity index (χ2n) is 5.36. The molecule has 8 nitrogen and oxygen atoms in total. The van der Waals surface area contributed by atoms with Crippen molar-refractivity contribution in [2.45, 2.75) is 57.9 Å². The van der Waals surface area contributed by atoms with E-state index in [1.807, 2.05) is 0 Å². The van der Waals surface area contributed by atoms with Crippen molar-refractivity contribution in [3.63, 3.8) is 0 Å². The van der Waals surface area contributed by atoms with Crippen molar-refractivity contribution in [1.29, 1.82) is 0 Å². The Morgan fingerprint density at radius 2 is 1.18 bits per heavy atom. The lowest BCUT2D eigenvalue weighted by Gasteiger charge is -2.41. The van der Waals surface area contributed by atoms with Gasteiger partial charge in [0, 0.05) is 12.8 Å². The maximum atomic E-state index is 11.1. The molecule has 0 rings (SSSR count). The third-order valence-electron chi connectivity index (χ3n) is 3.16. The molecule has 0 saturated heterocycles. The van der Waals surface area contributed by atoms with E-state index in [0.717, 1.165) is 0 Å². The highest BCUT2D eigenvalue weighted by molar-refractivity contribution is 6.70. The third kappa shape index (κ3) is 7.80. The van der Waals surface area contributed by atoms with Crippen LogP contribution in [0, 0.1) is 0 Å². The summed E-state index contributed by atoms with van der Waals surface area (Å²) in [5.74, 6) is -5.90. The number of carboxylic acids is 4. The standard InChI is InChI=1S/C9H10Cl6O4.C5H8O4/c1-2-3-4(10)8(12,13)9(14,15)7(11,5(16)17)6(18)19;6-4(7)2-1-3-5(8)9/h4H,2-3H2,1H3,(H,16,17)(H,18,19);1-3H2,(H,6,7)(H,8,9). The van der Waals surface area contributed by atoms with Crippen molar-refractivity contribution >= 4 is 93.5 Å². The van der Waals surface area contributed by atoms with E-state index < -0.39 is 42.8 Å². The van der Waals surface area contributed by atoms with Gasteiger partial charge in [-0.05, 0) is 12.8 Å². The Morgan fingerprint density at radius 3 is 1.43 bits per heavy atom. The highest BCUT2D eigenvalue weighted by atomic mass is 35.5. The van der Waals surface area contributed by atoms with Crippen molar-refractivity contribution in [3.05, 3.63) is 0 Å². The van der Waals surface area contributed by atoms with Crippen molar-refractivity contribution in [2.24, 2.45) is 0 Å². The van der Waals surface area contributed by atoms with Gasteiger partial charge in [-0.3, -0.25) is 9.59 Å². The van der Waals surface area contributed by atoms with Crippen LogP contribution in [0.2, 0.25) is 0 Å². The van der Waals surface area contributed by atoms with Gasteiger partial charge in [0.1, 0.15) is 0 Å². The van der Waals surface area contributed by atoms with Crippen LogP contribution in [0.25, 0.3) is 0 Å². The minimum atomic E-state index is -3.15. The molecule has 0 bridgehead atoms. The molecule has 0 amide bonds. The largest absolute Gasteiger partial charge is 0.481 e. The van der Waals surface area contributed by atoms with Gasteiger partial charge < -0.3 is 20.4 Å². The smallest absolute Gasteiger partial charge is 0.339 e. The number of carboxylic acid groups (broad SMARTS) is 4. The minimum absolute atomic E-state index is 0.0632. The Hall–Kier alpha value is -0.380. The molecule has 164 valence electrons. The molecule has 28 heavy (non-hydrogen) atoms. The SMILES string of the molecule is CCCC(Cl)C(Cl)(Cl)C(Cl)(Cl)C(Cl)(C(=O)O)C(=O)O.O=C(O)CCCC(=O)O.